The average molecular weight is 258 g/mol. The zero-order chi connectivity index (χ0) is 13.4. The molecule has 0 bridgehead atoms. The first-order valence-corrected chi connectivity index (χ1v) is 5.79. The molecule has 0 fully saturated rings. The normalized spacial score (nSPS) is 11.3. The highest BCUT2D eigenvalue weighted by Crippen LogP contribution is 2.18. The lowest BCUT2D eigenvalue weighted by atomic mass is 10.1. The topological polar surface area (TPSA) is 35.5 Å². The van der Waals surface area contributed by atoms with Crippen LogP contribution in [0.25, 0.3) is 0 Å². The first-order valence-electron chi connectivity index (χ1n) is 5.79. The van der Waals surface area contributed by atoms with E-state index in [1.54, 1.807) is 0 Å². The molecule has 1 aromatic rings. The molecular formula is C13H16F2O3. The number of hydrogen-bond acceptors (Lipinski definition) is 3. The molecule has 0 aromatic heterocycles. The molecule has 0 radical (unpaired) electrons. The minimum absolute atomic E-state index is 0.0954. The number of carbonyl (C=O) groups excluding carboxylic acids is 1. The average Bonchev–Trinajstić information content (AvgIpc) is 2.36. The second-order valence-corrected chi connectivity index (χ2v) is 3.67. The van der Waals surface area contributed by atoms with Gasteiger partial charge in [-0.25, -0.2) is 4.79 Å². The molecule has 0 N–H and O–H groups in total. The molecule has 0 saturated heterocycles. The van der Waals surface area contributed by atoms with Gasteiger partial charge in [0, 0.05) is 0 Å². The largest absolute Gasteiger partial charge is 0.460 e. The molecule has 18 heavy (non-hydrogen) atoms. The number of alkyl halides is 2. The summed E-state index contributed by atoms with van der Waals surface area (Å²) in [6, 6.07) is 9.45. The maximum atomic E-state index is 13.0. The number of hydrogen-bond donors (Lipinski definition) is 0. The van der Waals surface area contributed by atoms with Crippen LogP contribution in [0, 0.1) is 0 Å². The summed E-state index contributed by atoms with van der Waals surface area (Å²) in [5, 5.41) is 0. The number of esters is 1. The van der Waals surface area contributed by atoms with E-state index in [0.717, 1.165) is 5.56 Å². The van der Waals surface area contributed by atoms with E-state index in [4.69, 9.17) is 0 Å². The zero-order valence-corrected chi connectivity index (χ0v) is 10.2. The van der Waals surface area contributed by atoms with Crippen molar-refractivity contribution >= 4 is 5.97 Å². The minimum atomic E-state index is -3.85. The van der Waals surface area contributed by atoms with Gasteiger partial charge in [-0.05, 0) is 25.3 Å². The van der Waals surface area contributed by atoms with Crippen LogP contribution in [0.2, 0.25) is 0 Å². The van der Waals surface area contributed by atoms with Gasteiger partial charge in [-0.15, -0.1) is 0 Å². The maximum Gasteiger partial charge on any atom is 0.456 e. The van der Waals surface area contributed by atoms with Crippen molar-refractivity contribution in [2.45, 2.75) is 25.9 Å². The van der Waals surface area contributed by atoms with Gasteiger partial charge in [0.1, 0.15) is 0 Å². The molecule has 0 aliphatic rings. The summed E-state index contributed by atoms with van der Waals surface area (Å²) in [6.45, 7) is 1.17. The van der Waals surface area contributed by atoms with Gasteiger partial charge in [-0.1, -0.05) is 30.3 Å². The molecule has 0 atom stereocenters. The van der Waals surface area contributed by atoms with Gasteiger partial charge < -0.3 is 9.47 Å². The van der Waals surface area contributed by atoms with E-state index in [2.05, 4.69) is 9.47 Å². The molecule has 1 rings (SSSR count). The second kappa shape index (κ2) is 7.06. The van der Waals surface area contributed by atoms with Crippen molar-refractivity contribution in [3.05, 3.63) is 35.9 Å². The summed E-state index contributed by atoms with van der Waals surface area (Å²) < 4.78 is 34.5. The number of rotatable bonds is 7. The Labute approximate surface area is 105 Å². The SMILES string of the molecule is CCOC(=O)C(F)(F)OCCCc1ccccc1. The molecule has 0 aliphatic carbocycles. The highest BCUT2D eigenvalue weighted by molar-refractivity contribution is 5.75. The standard InChI is InChI=1S/C13H16F2O3/c1-2-17-12(16)13(14,15)18-10-6-9-11-7-4-3-5-8-11/h3-5,7-8H,2,6,9-10H2,1H3. The Morgan fingerprint density at radius 3 is 2.56 bits per heavy atom. The predicted molar refractivity (Wildman–Crippen MR) is 62.3 cm³/mol. The fraction of sp³-hybridized carbons (Fsp3) is 0.462. The van der Waals surface area contributed by atoms with Gasteiger partial charge in [0.15, 0.2) is 0 Å². The molecule has 3 nitrogen and oxygen atoms in total. The third-order valence-electron chi connectivity index (χ3n) is 2.25. The van der Waals surface area contributed by atoms with Gasteiger partial charge in [0.2, 0.25) is 0 Å². The minimum Gasteiger partial charge on any atom is -0.460 e. The highest BCUT2D eigenvalue weighted by atomic mass is 19.3. The summed E-state index contributed by atoms with van der Waals surface area (Å²) in [5.41, 5.74) is 1.04. The van der Waals surface area contributed by atoms with E-state index in [1.807, 2.05) is 30.3 Å². The van der Waals surface area contributed by atoms with Crippen molar-refractivity contribution in [1.29, 1.82) is 0 Å². The lowest BCUT2D eigenvalue weighted by molar-refractivity contribution is -0.249. The van der Waals surface area contributed by atoms with Crippen LogP contribution in [-0.4, -0.2) is 25.3 Å². The van der Waals surface area contributed by atoms with Crippen LogP contribution in [0.3, 0.4) is 0 Å². The number of ether oxygens (including phenoxy) is 2. The van der Waals surface area contributed by atoms with Gasteiger partial charge >= 0.3 is 12.1 Å². The van der Waals surface area contributed by atoms with Crippen molar-refractivity contribution in [1.82, 2.24) is 0 Å². The van der Waals surface area contributed by atoms with Crippen LogP contribution in [0.4, 0.5) is 8.78 Å². The quantitative estimate of drug-likeness (QED) is 0.557. The van der Waals surface area contributed by atoms with E-state index in [-0.39, 0.29) is 13.2 Å². The van der Waals surface area contributed by atoms with Crippen LogP contribution in [0.5, 0.6) is 0 Å². The fourth-order valence-corrected chi connectivity index (χ4v) is 1.40. The zero-order valence-electron chi connectivity index (χ0n) is 10.2. The molecule has 100 valence electrons. The molecule has 5 heteroatoms. The summed E-state index contributed by atoms with van der Waals surface area (Å²) >= 11 is 0. The first kappa shape index (κ1) is 14.6. The highest BCUT2D eigenvalue weighted by Gasteiger charge is 2.42. The van der Waals surface area contributed by atoms with E-state index in [9.17, 15) is 13.6 Å². The molecule has 0 spiro atoms. The van der Waals surface area contributed by atoms with Crippen LogP contribution in [0.1, 0.15) is 18.9 Å². The molecule has 0 heterocycles. The third-order valence-corrected chi connectivity index (χ3v) is 2.25. The van der Waals surface area contributed by atoms with E-state index in [0.29, 0.717) is 12.8 Å². The number of benzene rings is 1. The smallest absolute Gasteiger partial charge is 0.456 e. The van der Waals surface area contributed by atoms with Crippen LogP contribution in [0.15, 0.2) is 30.3 Å². The number of halogens is 2. The van der Waals surface area contributed by atoms with E-state index < -0.39 is 12.1 Å². The van der Waals surface area contributed by atoms with Gasteiger partial charge in [-0.2, -0.15) is 8.78 Å². The van der Waals surface area contributed by atoms with Gasteiger partial charge in [-0.3, -0.25) is 0 Å². The summed E-state index contributed by atoms with van der Waals surface area (Å²) in [7, 11) is 0. The lowest BCUT2D eigenvalue weighted by Gasteiger charge is -2.14. The van der Waals surface area contributed by atoms with Crippen LogP contribution in [-0.2, 0) is 20.7 Å². The first-order chi connectivity index (χ1) is 8.56. The van der Waals surface area contributed by atoms with Crippen molar-refractivity contribution in [2.24, 2.45) is 0 Å². The fourth-order valence-electron chi connectivity index (χ4n) is 1.40. The molecule has 0 aliphatic heterocycles. The van der Waals surface area contributed by atoms with E-state index >= 15 is 0 Å². The maximum absolute atomic E-state index is 13.0. The monoisotopic (exact) mass is 258 g/mol. The van der Waals surface area contributed by atoms with Gasteiger partial charge in [0.25, 0.3) is 0 Å². The summed E-state index contributed by atoms with van der Waals surface area (Å²) in [4.78, 5) is 10.8. The summed E-state index contributed by atoms with van der Waals surface area (Å²) in [5.74, 6) is -1.63. The van der Waals surface area contributed by atoms with Crippen LogP contribution >= 0.6 is 0 Å². The Morgan fingerprint density at radius 2 is 1.94 bits per heavy atom. The van der Waals surface area contributed by atoms with Crippen molar-refractivity contribution in [3.63, 3.8) is 0 Å². The third kappa shape index (κ3) is 4.79. The molecule has 0 unspecified atom stereocenters. The Bertz CT molecular complexity index is 366. The molecule has 0 saturated carbocycles. The lowest BCUT2D eigenvalue weighted by Crippen LogP contribution is -2.34. The van der Waals surface area contributed by atoms with Crippen molar-refractivity contribution in [3.8, 4) is 0 Å². The van der Waals surface area contributed by atoms with Crippen molar-refractivity contribution in [2.75, 3.05) is 13.2 Å². The molecule has 0 amide bonds. The summed E-state index contributed by atoms with van der Waals surface area (Å²) in [6.07, 6.45) is -2.81. The molecule has 1 aromatic carbocycles. The Hall–Kier alpha value is -1.49. The van der Waals surface area contributed by atoms with Gasteiger partial charge in [0.05, 0.1) is 13.2 Å². The number of carbonyl (C=O) groups is 1. The Kier molecular flexibility index (Phi) is 5.71. The predicted octanol–water partition coefficient (Wildman–Crippen LogP) is 2.79. The van der Waals surface area contributed by atoms with Crippen LogP contribution < -0.4 is 0 Å². The Balaban J connectivity index is 2.27. The molecular weight excluding hydrogens is 242 g/mol. The van der Waals surface area contributed by atoms with E-state index in [1.165, 1.54) is 6.92 Å². The second-order valence-electron chi connectivity index (χ2n) is 3.67. The Morgan fingerprint density at radius 1 is 1.28 bits per heavy atom. The van der Waals surface area contributed by atoms with Crippen molar-refractivity contribution < 1.29 is 23.0 Å². The number of aryl methyl sites for hydroxylation is 1.